The molecule has 0 atom stereocenters. The molecule has 0 amide bonds. The van der Waals surface area contributed by atoms with E-state index < -0.39 is 11.6 Å². The predicted molar refractivity (Wildman–Crippen MR) is 69.2 cm³/mol. The largest absolute Gasteiger partial charge is 0.489 e. The molecule has 0 aliphatic rings. The zero-order valence-corrected chi connectivity index (χ0v) is 10.9. The number of ether oxygens (including phenoxy) is 1. The Hall–Kier alpha value is -1.62. The molecule has 0 heterocycles. The summed E-state index contributed by atoms with van der Waals surface area (Å²) in [5.74, 6) is -0.415. The van der Waals surface area contributed by atoms with Crippen molar-refractivity contribution in [2.75, 3.05) is 5.73 Å². The zero-order chi connectivity index (χ0) is 13.1. The Morgan fingerprint density at radius 2 is 1.83 bits per heavy atom. The summed E-state index contributed by atoms with van der Waals surface area (Å²) in [6.45, 7) is 0.155. The van der Waals surface area contributed by atoms with Crippen molar-refractivity contribution in [3.63, 3.8) is 0 Å². The van der Waals surface area contributed by atoms with Crippen LogP contribution in [-0.2, 0) is 6.61 Å². The maximum absolute atomic E-state index is 13.1. The van der Waals surface area contributed by atoms with Crippen molar-refractivity contribution < 1.29 is 13.5 Å². The van der Waals surface area contributed by atoms with Crippen LogP contribution >= 0.6 is 15.9 Å². The molecule has 2 aromatic rings. The Bertz CT molecular complexity index is 555. The summed E-state index contributed by atoms with van der Waals surface area (Å²) in [6.07, 6.45) is 0. The average Bonchev–Trinajstić information content (AvgIpc) is 2.26. The van der Waals surface area contributed by atoms with Gasteiger partial charge in [-0.1, -0.05) is 22.0 Å². The molecule has 0 bridgehead atoms. The lowest BCUT2D eigenvalue weighted by Gasteiger charge is -2.09. The number of halogens is 3. The van der Waals surface area contributed by atoms with Crippen molar-refractivity contribution in [2.24, 2.45) is 0 Å². The van der Waals surface area contributed by atoms with E-state index in [9.17, 15) is 8.78 Å². The van der Waals surface area contributed by atoms with Gasteiger partial charge in [0.25, 0.3) is 0 Å². The third-order valence-electron chi connectivity index (χ3n) is 2.34. The van der Waals surface area contributed by atoms with Crippen molar-refractivity contribution in [2.45, 2.75) is 6.61 Å². The van der Waals surface area contributed by atoms with Crippen LogP contribution in [0, 0.1) is 11.6 Å². The van der Waals surface area contributed by atoms with Crippen LogP contribution in [0.5, 0.6) is 5.75 Å². The lowest BCUT2D eigenvalue weighted by molar-refractivity contribution is 0.305. The summed E-state index contributed by atoms with van der Waals surface area (Å²) >= 11 is 3.17. The molecule has 2 aromatic carbocycles. The SMILES string of the molecule is Nc1cc(F)ccc1COc1cc(F)cc(Br)c1. The molecule has 0 unspecified atom stereocenters. The normalized spacial score (nSPS) is 10.4. The van der Waals surface area contributed by atoms with Crippen molar-refractivity contribution in [1.82, 2.24) is 0 Å². The van der Waals surface area contributed by atoms with Gasteiger partial charge in [-0.25, -0.2) is 8.78 Å². The van der Waals surface area contributed by atoms with E-state index in [1.54, 1.807) is 12.1 Å². The molecule has 2 N–H and O–H groups in total. The van der Waals surface area contributed by atoms with Crippen LogP contribution in [0.25, 0.3) is 0 Å². The molecule has 0 saturated heterocycles. The summed E-state index contributed by atoms with van der Waals surface area (Å²) in [5.41, 5.74) is 6.60. The fourth-order valence-corrected chi connectivity index (χ4v) is 1.91. The summed E-state index contributed by atoms with van der Waals surface area (Å²) in [5, 5.41) is 0. The minimum atomic E-state index is -0.398. The van der Waals surface area contributed by atoms with Gasteiger partial charge in [0.1, 0.15) is 24.0 Å². The monoisotopic (exact) mass is 313 g/mol. The molecule has 0 aromatic heterocycles. The molecule has 0 radical (unpaired) electrons. The van der Waals surface area contributed by atoms with Crippen LogP contribution in [0.2, 0.25) is 0 Å². The molecule has 2 nitrogen and oxygen atoms in total. The third kappa shape index (κ3) is 3.20. The number of benzene rings is 2. The minimum absolute atomic E-state index is 0.155. The first-order valence-corrected chi connectivity index (χ1v) is 5.97. The number of anilines is 1. The van der Waals surface area contributed by atoms with Crippen molar-refractivity contribution in [1.29, 1.82) is 0 Å². The molecule has 0 fully saturated rings. The first-order valence-electron chi connectivity index (χ1n) is 5.17. The molecular formula is C13H10BrF2NO. The summed E-state index contributed by atoms with van der Waals surface area (Å²) < 4.78 is 31.9. The van der Waals surface area contributed by atoms with E-state index >= 15 is 0 Å². The number of rotatable bonds is 3. The minimum Gasteiger partial charge on any atom is -0.489 e. The lowest BCUT2D eigenvalue weighted by atomic mass is 10.2. The summed E-state index contributed by atoms with van der Waals surface area (Å²) in [4.78, 5) is 0. The molecule has 0 spiro atoms. The van der Waals surface area contributed by atoms with Gasteiger partial charge in [-0.2, -0.15) is 0 Å². The average molecular weight is 314 g/mol. The van der Waals surface area contributed by atoms with E-state index in [1.807, 2.05) is 0 Å². The Morgan fingerprint density at radius 1 is 1.06 bits per heavy atom. The number of hydrogen-bond acceptors (Lipinski definition) is 2. The zero-order valence-electron chi connectivity index (χ0n) is 9.29. The lowest BCUT2D eigenvalue weighted by Crippen LogP contribution is -2.01. The highest BCUT2D eigenvalue weighted by Gasteiger charge is 2.04. The van der Waals surface area contributed by atoms with Crippen LogP contribution in [0.1, 0.15) is 5.56 Å². The molecule has 0 aliphatic carbocycles. The molecule has 0 aliphatic heterocycles. The van der Waals surface area contributed by atoms with Crippen LogP contribution in [0.3, 0.4) is 0 Å². The fourth-order valence-electron chi connectivity index (χ4n) is 1.47. The molecule has 5 heteroatoms. The van der Waals surface area contributed by atoms with Gasteiger partial charge in [0.05, 0.1) is 0 Å². The quantitative estimate of drug-likeness (QED) is 0.873. The van der Waals surface area contributed by atoms with Crippen LogP contribution in [0.15, 0.2) is 40.9 Å². The van der Waals surface area contributed by atoms with Gasteiger partial charge in [-0.05, 0) is 24.3 Å². The Balaban J connectivity index is 2.11. The van der Waals surface area contributed by atoms with E-state index in [2.05, 4.69) is 15.9 Å². The number of nitrogen functional groups attached to an aromatic ring is 1. The van der Waals surface area contributed by atoms with Crippen LogP contribution < -0.4 is 10.5 Å². The predicted octanol–water partition coefficient (Wildman–Crippen LogP) is 3.89. The van der Waals surface area contributed by atoms with Gasteiger partial charge < -0.3 is 10.5 Å². The van der Waals surface area contributed by atoms with Crippen LogP contribution in [-0.4, -0.2) is 0 Å². The van der Waals surface area contributed by atoms with Gasteiger partial charge in [0, 0.05) is 21.8 Å². The van der Waals surface area contributed by atoms with E-state index in [1.165, 1.54) is 24.3 Å². The second-order valence-electron chi connectivity index (χ2n) is 3.74. The fraction of sp³-hybridized carbons (Fsp3) is 0.0769. The van der Waals surface area contributed by atoms with Crippen LogP contribution in [0.4, 0.5) is 14.5 Å². The maximum atomic E-state index is 13.1. The summed E-state index contributed by atoms with van der Waals surface area (Å²) in [7, 11) is 0. The van der Waals surface area contributed by atoms with Crippen molar-refractivity contribution >= 4 is 21.6 Å². The second-order valence-corrected chi connectivity index (χ2v) is 4.65. The number of nitrogens with two attached hydrogens (primary N) is 1. The summed E-state index contributed by atoms with van der Waals surface area (Å²) in [6, 6.07) is 8.31. The van der Waals surface area contributed by atoms with Gasteiger partial charge in [0.15, 0.2) is 0 Å². The number of hydrogen-bond donors (Lipinski definition) is 1. The van der Waals surface area contributed by atoms with Crippen molar-refractivity contribution in [3.05, 3.63) is 58.1 Å². The Labute approximate surface area is 112 Å². The Kier molecular flexibility index (Phi) is 3.81. The molecule has 94 valence electrons. The molecule has 2 rings (SSSR count). The van der Waals surface area contributed by atoms with E-state index in [0.29, 0.717) is 21.5 Å². The molecular weight excluding hydrogens is 304 g/mol. The van der Waals surface area contributed by atoms with Gasteiger partial charge in [-0.3, -0.25) is 0 Å². The molecule has 0 saturated carbocycles. The van der Waals surface area contributed by atoms with Gasteiger partial charge >= 0.3 is 0 Å². The third-order valence-corrected chi connectivity index (χ3v) is 2.80. The maximum Gasteiger partial charge on any atom is 0.128 e. The first kappa shape index (κ1) is 12.8. The highest BCUT2D eigenvalue weighted by atomic mass is 79.9. The molecule has 18 heavy (non-hydrogen) atoms. The smallest absolute Gasteiger partial charge is 0.128 e. The standard InChI is InChI=1S/C13H10BrF2NO/c14-9-3-11(16)5-12(4-9)18-7-8-1-2-10(15)6-13(8)17/h1-6H,7,17H2. The van der Waals surface area contributed by atoms with Gasteiger partial charge in [0.2, 0.25) is 0 Å². The first-order chi connectivity index (χ1) is 8.54. The second kappa shape index (κ2) is 5.35. The van der Waals surface area contributed by atoms with E-state index in [4.69, 9.17) is 10.5 Å². The highest BCUT2D eigenvalue weighted by molar-refractivity contribution is 9.10. The Morgan fingerprint density at radius 3 is 2.50 bits per heavy atom. The topological polar surface area (TPSA) is 35.2 Å². The highest BCUT2D eigenvalue weighted by Crippen LogP contribution is 2.22. The van der Waals surface area contributed by atoms with E-state index in [0.717, 1.165) is 0 Å². The van der Waals surface area contributed by atoms with Crippen molar-refractivity contribution in [3.8, 4) is 5.75 Å². The van der Waals surface area contributed by atoms with E-state index in [-0.39, 0.29) is 6.61 Å². The van der Waals surface area contributed by atoms with Gasteiger partial charge in [-0.15, -0.1) is 0 Å².